The maximum atomic E-state index is 6.10. The van der Waals surface area contributed by atoms with E-state index in [1.54, 1.807) is 0 Å². The molecule has 7 heteroatoms. The summed E-state index contributed by atoms with van der Waals surface area (Å²) >= 11 is 0. The number of hydrogen-bond donors (Lipinski definition) is 1. The largest absolute Gasteiger partial charge is 0.493 e. The van der Waals surface area contributed by atoms with E-state index in [4.69, 9.17) is 29.2 Å². The molecule has 3 rings (SSSR count). The number of hydrogen-bond acceptors (Lipinski definition) is 7. The molecule has 184 valence electrons. The third-order valence-electron chi connectivity index (χ3n) is 5.25. The first-order valence-corrected chi connectivity index (χ1v) is 11.8. The molecule has 1 heterocycles. The number of ether oxygens (including phenoxy) is 4. The predicted molar refractivity (Wildman–Crippen MR) is 132 cm³/mol. The molecule has 0 bridgehead atoms. The van der Waals surface area contributed by atoms with E-state index in [1.165, 1.54) is 11.1 Å². The lowest BCUT2D eigenvalue weighted by atomic mass is 10.00. The standard InChI is InChI=1S/C27H36N2O5/c1-21-17-24(23-7-4-3-5-8-23)18-22(2)27(21)33-11-6-9-26-19-25(29-34-26)20-32-16-15-31-14-13-30-12-10-28/h3-5,7-8,17-19H,6,9-16,20,28H2,1-2H3. The highest BCUT2D eigenvalue weighted by molar-refractivity contribution is 5.67. The van der Waals surface area contributed by atoms with Gasteiger partial charge in [0.15, 0.2) is 0 Å². The van der Waals surface area contributed by atoms with Crippen LogP contribution in [-0.4, -0.2) is 51.3 Å². The van der Waals surface area contributed by atoms with E-state index in [2.05, 4.69) is 55.4 Å². The zero-order chi connectivity index (χ0) is 24.0. The van der Waals surface area contributed by atoms with E-state index in [0.29, 0.717) is 52.8 Å². The lowest BCUT2D eigenvalue weighted by Crippen LogP contribution is -2.13. The summed E-state index contributed by atoms with van der Waals surface area (Å²) in [6, 6.07) is 16.7. The highest BCUT2D eigenvalue weighted by Gasteiger charge is 2.09. The van der Waals surface area contributed by atoms with Crippen molar-refractivity contribution in [3.8, 4) is 16.9 Å². The average Bonchev–Trinajstić information content (AvgIpc) is 3.30. The topological polar surface area (TPSA) is 89.0 Å². The van der Waals surface area contributed by atoms with Crippen LogP contribution >= 0.6 is 0 Å². The van der Waals surface area contributed by atoms with Gasteiger partial charge in [-0.3, -0.25) is 0 Å². The van der Waals surface area contributed by atoms with Crippen LogP contribution in [0.25, 0.3) is 11.1 Å². The molecule has 34 heavy (non-hydrogen) atoms. The molecule has 0 aliphatic rings. The fourth-order valence-corrected chi connectivity index (χ4v) is 3.64. The molecule has 0 saturated carbocycles. The lowest BCUT2D eigenvalue weighted by Gasteiger charge is -2.14. The van der Waals surface area contributed by atoms with Gasteiger partial charge in [0.05, 0.1) is 46.2 Å². The summed E-state index contributed by atoms with van der Waals surface area (Å²) in [6.45, 7) is 8.38. The molecule has 3 aromatic rings. The lowest BCUT2D eigenvalue weighted by molar-refractivity contribution is 0.0109. The molecule has 0 fully saturated rings. The molecule has 1 aromatic heterocycles. The molecule has 7 nitrogen and oxygen atoms in total. The summed E-state index contributed by atoms with van der Waals surface area (Å²) in [7, 11) is 0. The van der Waals surface area contributed by atoms with Crippen LogP contribution in [0.5, 0.6) is 5.75 Å². The summed E-state index contributed by atoms with van der Waals surface area (Å²) in [5.41, 5.74) is 10.8. The van der Waals surface area contributed by atoms with Crippen LogP contribution in [0.15, 0.2) is 53.1 Å². The monoisotopic (exact) mass is 468 g/mol. The third kappa shape index (κ3) is 8.57. The van der Waals surface area contributed by atoms with E-state index < -0.39 is 0 Å². The predicted octanol–water partition coefficient (Wildman–Crippen LogP) is 4.48. The average molecular weight is 469 g/mol. The minimum Gasteiger partial charge on any atom is -0.493 e. The molecule has 0 saturated heterocycles. The SMILES string of the molecule is Cc1cc(-c2ccccc2)cc(C)c1OCCCc1cc(COCCOCCOCCN)no1. The van der Waals surface area contributed by atoms with Crippen LogP contribution in [0.2, 0.25) is 0 Å². The minimum atomic E-state index is 0.402. The van der Waals surface area contributed by atoms with Gasteiger partial charge < -0.3 is 29.2 Å². The zero-order valence-electron chi connectivity index (χ0n) is 20.3. The molecule has 0 amide bonds. The molecule has 2 N–H and O–H groups in total. The maximum Gasteiger partial charge on any atom is 0.137 e. The Labute approximate surface area is 202 Å². The third-order valence-corrected chi connectivity index (χ3v) is 5.25. The van der Waals surface area contributed by atoms with Gasteiger partial charge in [-0.15, -0.1) is 0 Å². The van der Waals surface area contributed by atoms with Gasteiger partial charge in [-0.1, -0.05) is 35.5 Å². The number of benzene rings is 2. The van der Waals surface area contributed by atoms with Crippen molar-refractivity contribution in [2.75, 3.05) is 46.2 Å². The first kappa shape index (κ1) is 25.9. The van der Waals surface area contributed by atoms with Crippen LogP contribution in [0.1, 0.15) is 29.0 Å². The number of aromatic nitrogens is 1. The number of aryl methyl sites for hydroxylation is 3. The van der Waals surface area contributed by atoms with Gasteiger partial charge in [-0.25, -0.2) is 0 Å². The van der Waals surface area contributed by atoms with Gasteiger partial charge in [-0.2, -0.15) is 0 Å². The van der Waals surface area contributed by atoms with Crippen LogP contribution in [0.4, 0.5) is 0 Å². The van der Waals surface area contributed by atoms with Crippen molar-refractivity contribution in [3.63, 3.8) is 0 Å². The van der Waals surface area contributed by atoms with Gasteiger partial charge in [-0.05, 0) is 54.7 Å². The second-order valence-corrected chi connectivity index (χ2v) is 8.11. The van der Waals surface area contributed by atoms with E-state index in [9.17, 15) is 0 Å². The molecule has 0 spiro atoms. The summed E-state index contributed by atoms with van der Waals surface area (Å²) in [5, 5.41) is 4.07. The normalized spacial score (nSPS) is 11.1. The second-order valence-electron chi connectivity index (χ2n) is 8.11. The van der Waals surface area contributed by atoms with Gasteiger partial charge >= 0.3 is 0 Å². The number of nitrogens with two attached hydrogens (primary N) is 1. The Morgan fingerprint density at radius 3 is 2.18 bits per heavy atom. The molecule has 0 unspecified atom stereocenters. The highest BCUT2D eigenvalue weighted by Crippen LogP contribution is 2.30. The Balaban J connectivity index is 1.33. The van der Waals surface area contributed by atoms with E-state index in [0.717, 1.165) is 41.2 Å². The van der Waals surface area contributed by atoms with Gasteiger partial charge in [0, 0.05) is 19.0 Å². The van der Waals surface area contributed by atoms with Crippen molar-refractivity contribution in [2.45, 2.75) is 33.3 Å². The molecule has 0 atom stereocenters. The zero-order valence-corrected chi connectivity index (χ0v) is 20.3. The van der Waals surface area contributed by atoms with Crippen molar-refractivity contribution in [3.05, 3.63) is 71.1 Å². The summed E-state index contributed by atoms with van der Waals surface area (Å²) in [6.07, 6.45) is 1.61. The Hall–Kier alpha value is -2.71. The molecular formula is C27H36N2O5. The first-order chi connectivity index (χ1) is 16.7. The van der Waals surface area contributed by atoms with Crippen molar-refractivity contribution >= 4 is 0 Å². The quantitative estimate of drug-likeness (QED) is 0.310. The Morgan fingerprint density at radius 1 is 0.794 bits per heavy atom. The fraction of sp³-hybridized carbons (Fsp3) is 0.444. The van der Waals surface area contributed by atoms with Crippen LogP contribution in [0, 0.1) is 13.8 Å². The molecular weight excluding hydrogens is 432 g/mol. The maximum absolute atomic E-state index is 6.10. The minimum absolute atomic E-state index is 0.402. The van der Waals surface area contributed by atoms with Gasteiger partial charge in [0.2, 0.25) is 0 Å². The van der Waals surface area contributed by atoms with Crippen LogP contribution < -0.4 is 10.5 Å². The van der Waals surface area contributed by atoms with Crippen LogP contribution in [0.3, 0.4) is 0 Å². The molecule has 0 aliphatic heterocycles. The summed E-state index contributed by atoms with van der Waals surface area (Å²) in [5.74, 6) is 1.79. The summed E-state index contributed by atoms with van der Waals surface area (Å²) in [4.78, 5) is 0. The molecule has 0 aliphatic carbocycles. The Morgan fingerprint density at radius 2 is 1.47 bits per heavy atom. The Bertz CT molecular complexity index is 951. The van der Waals surface area contributed by atoms with Crippen molar-refractivity contribution in [1.29, 1.82) is 0 Å². The van der Waals surface area contributed by atoms with Crippen molar-refractivity contribution < 1.29 is 23.5 Å². The molecule has 2 aromatic carbocycles. The molecule has 0 radical (unpaired) electrons. The fourth-order valence-electron chi connectivity index (χ4n) is 3.64. The van der Waals surface area contributed by atoms with Crippen molar-refractivity contribution in [1.82, 2.24) is 5.16 Å². The smallest absolute Gasteiger partial charge is 0.137 e. The second kappa shape index (κ2) is 14.5. The van der Waals surface area contributed by atoms with E-state index >= 15 is 0 Å². The Kier molecular flexibility index (Phi) is 11.1. The van der Waals surface area contributed by atoms with E-state index in [-0.39, 0.29) is 0 Å². The number of nitrogens with zero attached hydrogens (tertiary/aromatic N) is 1. The highest BCUT2D eigenvalue weighted by atomic mass is 16.5. The van der Waals surface area contributed by atoms with Crippen molar-refractivity contribution in [2.24, 2.45) is 5.73 Å². The van der Waals surface area contributed by atoms with Crippen LogP contribution in [-0.2, 0) is 27.2 Å². The summed E-state index contributed by atoms with van der Waals surface area (Å²) < 4.78 is 27.8. The van der Waals surface area contributed by atoms with E-state index in [1.807, 2.05) is 12.1 Å². The van der Waals surface area contributed by atoms with Gasteiger partial charge in [0.1, 0.15) is 17.2 Å². The van der Waals surface area contributed by atoms with Gasteiger partial charge in [0.25, 0.3) is 0 Å². The number of rotatable bonds is 16. The first-order valence-electron chi connectivity index (χ1n) is 11.8.